The summed E-state index contributed by atoms with van der Waals surface area (Å²) in [6.07, 6.45) is 4.26. The van der Waals surface area contributed by atoms with Crippen molar-refractivity contribution in [3.8, 4) is 0 Å². The Kier molecular flexibility index (Phi) is 2.27. The summed E-state index contributed by atoms with van der Waals surface area (Å²) in [4.78, 5) is 15.3. The van der Waals surface area contributed by atoms with Gasteiger partial charge in [-0.05, 0) is 19.4 Å². The van der Waals surface area contributed by atoms with Gasteiger partial charge in [-0.2, -0.15) is 0 Å². The fourth-order valence-electron chi connectivity index (χ4n) is 1.47. The van der Waals surface area contributed by atoms with E-state index in [9.17, 15) is 4.79 Å². The molecule has 3 heteroatoms. The highest BCUT2D eigenvalue weighted by molar-refractivity contribution is 7.09. The van der Waals surface area contributed by atoms with E-state index in [4.69, 9.17) is 0 Å². The number of aromatic nitrogens is 1. The van der Waals surface area contributed by atoms with Gasteiger partial charge in [0.2, 0.25) is 0 Å². The minimum Gasteiger partial charge on any atom is -0.295 e. The molecule has 0 saturated carbocycles. The largest absolute Gasteiger partial charge is 0.295 e. The molecule has 0 amide bonds. The minimum atomic E-state index is 0.267. The number of allylic oxidation sites excluding steroid dienone is 2. The summed E-state index contributed by atoms with van der Waals surface area (Å²) in [6, 6.07) is 0. The molecule has 0 unspecified atom stereocenters. The molecule has 1 heterocycles. The second-order valence-corrected chi connectivity index (χ2v) is 4.27. The monoisotopic (exact) mass is 193 g/mol. The van der Waals surface area contributed by atoms with Gasteiger partial charge in [0.05, 0.1) is 5.01 Å². The van der Waals surface area contributed by atoms with E-state index in [-0.39, 0.29) is 5.78 Å². The minimum absolute atomic E-state index is 0.267. The molecule has 0 aliphatic heterocycles. The van der Waals surface area contributed by atoms with Crippen molar-refractivity contribution in [1.82, 2.24) is 4.98 Å². The van der Waals surface area contributed by atoms with E-state index in [1.807, 2.05) is 12.3 Å². The maximum absolute atomic E-state index is 11.0. The first-order valence-electron chi connectivity index (χ1n) is 4.37. The molecule has 1 aromatic heterocycles. The molecule has 13 heavy (non-hydrogen) atoms. The molecule has 0 spiro atoms. The Morgan fingerprint density at radius 3 is 2.92 bits per heavy atom. The number of aryl methyl sites for hydroxylation is 1. The van der Waals surface area contributed by atoms with Gasteiger partial charge in [-0.1, -0.05) is 5.57 Å². The Labute approximate surface area is 81.3 Å². The predicted octanol–water partition coefficient (Wildman–Crippen LogP) is 2.28. The van der Waals surface area contributed by atoms with Gasteiger partial charge in [-0.3, -0.25) is 4.79 Å². The van der Waals surface area contributed by atoms with E-state index < -0.39 is 0 Å². The van der Waals surface area contributed by atoms with Crippen molar-refractivity contribution in [2.45, 2.75) is 26.2 Å². The molecule has 1 aliphatic rings. The zero-order chi connectivity index (χ0) is 9.26. The quantitative estimate of drug-likeness (QED) is 0.721. The topological polar surface area (TPSA) is 30.0 Å². The Balaban J connectivity index is 2.06. The van der Waals surface area contributed by atoms with Crippen LogP contribution in [0.25, 0.3) is 0 Å². The number of ketones is 1. The smallest absolute Gasteiger partial charge is 0.155 e. The Bertz CT molecular complexity index is 365. The van der Waals surface area contributed by atoms with Crippen LogP contribution in [0, 0.1) is 6.92 Å². The van der Waals surface area contributed by atoms with Crippen molar-refractivity contribution in [1.29, 1.82) is 0 Å². The highest BCUT2D eigenvalue weighted by atomic mass is 32.1. The third-order valence-electron chi connectivity index (χ3n) is 2.10. The summed E-state index contributed by atoms with van der Waals surface area (Å²) in [6.45, 7) is 1.99. The number of thiazole rings is 1. The first-order chi connectivity index (χ1) is 6.24. The van der Waals surface area contributed by atoms with Gasteiger partial charge in [0.1, 0.15) is 0 Å². The Morgan fingerprint density at radius 2 is 2.38 bits per heavy atom. The lowest BCUT2D eigenvalue weighted by molar-refractivity contribution is -0.114. The molecule has 0 atom stereocenters. The number of hydrogen-bond donors (Lipinski definition) is 0. The summed E-state index contributed by atoms with van der Waals surface area (Å²) >= 11 is 1.67. The van der Waals surface area contributed by atoms with Gasteiger partial charge < -0.3 is 0 Å². The van der Waals surface area contributed by atoms with Crippen LogP contribution in [0.4, 0.5) is 0 Å². The van der Waals surface area contributed by atoms with Crippen molar-refractivity contribution in [2.75, 3.05) is 0 Å². The number of rotatable bonds is 2. The summed E-state index contributed by atoms with van der Waals surface area (Å²) in [5.74, 6) is 0.267. The van der Waals surface area contributed by atoms with Crippen LogP contribution in [-0.2, 0) is 11.2 Å². The molecule has 2 rings (SSSR count). The molecule has 1 aliphatic carbocycles. The molecule has 0 bridgehead atoms. The molecular weight excluding hydrogens is 182 g/mol. The molecule has 2 nitrogen and oxygen atoms in total. The fourth-order valence-corrected chi connectivity index (χ4v) is 2.30. The van der Waals surface area contributed by atoms with E-state index in [0.717, 1.165) is 23.5 Å². The van der Waals surface area contributed by atoms with Gasteiger partial charge in [0.25, 0.3) is 0 Å². The SMILES string of the molecule is Cc1csc(CC2=CC(=O)CC2)n1. The zero-order valence-corrected chi connectivity index (χ0v) is 8.36. The third kappa shape index (κ3) is 2.04. The van der Waals surface area contributed by atoms with Gasteiger partial charge in [0, 0.05) is 23.9 Å². The van der Waals surface area contributed by atoms with Crippen LogP contribution in [0.1, 0.15) is 23.5 Å². The van der Waals surface area contributed by atoms with E-state index in [1.165, 1.54) is 5.57 Å². The maximum Gasteiger partial charge on any atom is 0.155 e. The molecule has 0 radical (unpaired) electrons. The Hall–Kier alpha value is -0.960. The summed E-state index contributed by atoms with van der Waals surface area (Å²) in [7, 11) is 0. The lowest BCUT2D eigenvalue weighted by Gasteiger charge is -1.95. The van der Waals surface area contributed by atoms with Gasteiger partial charge >= 0.3 is 0 Å². The first kappa shape index (κ1) is 8.63. The highest BCUT2D eigenvalue weighted by Crippen LogP contribution is 2.21. The maximum atomic E-state index is 11.0. The van der Waals surface area contributed by atoms with Crippen LogP contribution in [0.15, 0.2) is 17.0 Å². The first-order valence-corrected chi connectivity index (χ1v) is 5.25. The van der Waals surface area contributed by atoms with Crippen LogP contribution in [-0.4, -0.2) is 10.8 Å². The van der Waals surface area contributed by atoms with E-state index in [1.54, 1.807) is 17.4 Å². The second kappa shape index (κ2) is 3.42. The standard InChI is InChI=1S/C10H11NOS/c1-7-6-13-10(11-7)5-8-2-3-9(12)4-8/h4,6H,2-3,5H2,1H3. The average Bonchev–Trinajstić information content (AvgIpc) is 2.62. The van der Waals surface area contributed by atoms with Crippen molar-refractivity contribution < 1.29 is 4.79 Å². The van der Waals surface area contributed by atoms with E-state index >= 15 is 0 Å². The van der Waals surface area contributed by atoms with Crippen LogP contribution >= 0.6 is 11.3 Å². The normalized spacial score (nSPS) is 16.4. The number of hydrogen-bond acceptors (Lipinski definition) is 3. The van der Waals surface area contributed by atoms with Crippen molar-refractivity contribution in [2.24, 2.45) is 0 Å². The van der Waals surface area contributed by atoms with Crippen LogP contribution in [0.5, 0.6) is 0 Å². The summed E-state index contributed by atoms with van der Waals surface area (Å²) in [5, 5.41) is 3.17. The van der Waals surface area contributed by atoms with Crippen LogP contribution in [0.2, 0.25) is 0 Å². The van der Waals surface area contributed by atoms with Crippen molar-refractivity contribution in [3.63, 3.8) is 0 Å². The third-order valence-corrected chi connectivity index (χ3v) is 3.07. The lowest BCUT2D eigenvalue weighted by atomic mass is 10.2. The zero-order valence-electron chi connectivity index (χ0n) is 7.54. The van der Waals surface area contributed by atoms with Crippen LogP contribution < -0.4 is 0 Å². The fraction of sp³-hybridized carbons (Fsp3) is 0.400. The molecule has 68 valence electrons. The second-order valence-electron chi connectivity index (χ2n) is 3.33. The van der Waals surface area contributed by atoms with Gasteiger partial charge in [-0.25, -0.2) is 4.98 Å². The molecule has 0 N–H and O–H groups in total. The van der Waals surface area contributed by atoms with E-state index in [0.29, 0.717) is 6.42 Å². The molecule has 0 fully saturated rings. The van der Waals surface area contributed by atoms with Crippen molar-refractivity contribution >= 4 is 17.1 Å². The Morgan fingerprint density at radius 1 is 1.54 bits per heavy atom. The average molecular weight is 193 g/mol. The van der Waals surface area contributed by atoms with Gasteiger partial charge in [0.15, 0.2) is 5.78 Å². The van der Waals surface area contributed by atoms with Gasteiger partial charge in [-0.15, -0.1) is 11.3 Å². The van der Waals surface area contributed by atoms with Crippen LogP contribution in [0.3, 0.4) is 0 Å². The molecule has 0 saturated heterocycles. The summed E-state index contributed by atoms with van der Waals surface area (Å²) in [5.41, 5.74) is 2.31. The number of nitrogens with zero attached hydrogens (tertiary/aromatic N) is 1. The predicted molar refractivity (Wildman–Crippen MR) is 52.9 cm³/mol. The molecule has 1 aromatic rings. The summed E-state index contributed by atoms with van der Waals surface area (Å²) < 4.78 is 0. The highest BCUT2D eigenvalue weighted by Gasteiger charge is 2.13. The lowest BCUT2D eigenvalue weighted by Crippen LogP contribution is -1.86. The number of carbonyl (C=O) groups excluding carboxylic acids is 1. The molecular formula is C10H11NOS. The number of carbonyl (C=O) groups is 1. The van der Waals surface area contributed by atoms with E-state index in [2.05, 4.69) is 4.98 Å². The van der Waals surface area contributed by atoms with Crippen molar-refractivity contribution in [3.05, 3.63) is 27.7 Å². The molecule has 0 aromatic carbocycles.